The molecule has 1 aromatic heterocycles. The summed E-state index contributed by atoms with van der Waals surface area (Å²) in [4.78, 5) is 2.41. The third kappa shape index (κ3) is 5.25. The first-order chi connectivity index (χ1) is 14.7. The molecule has 0 radical (unpaired) electrons. The van der Waals surface area contributed by atoms with Crippen LogP contribution >= 0.6 is 0 Å². The van der Waals surface area contributed by atoms with E-state index in [-0.39, 0.29) is 17.7 Å². The molecule has 0 aliphatic carbocycles. The second kappa shape index (κ2) is 9.56. The van der Waals surface area contributed by atoms with E-state index < -0.39 is 0 Å². The van der Waals surface area contributed by atoms with Gasteiger partial charge in [0.25, 0.3) is 0 Å². The number of nitrogen functional groups attached to an aromatic ring is 1. The second-order valence-electron chi connectivity index (χ2n) is 7.51. The van der Waals surface area contributed by atoms with E-state index >= 15 is 0 Å². The molecule has 0 saturated carbocycles. The maximum Gasteiger partial charge on any atom is 0.188 e. The molecule has 1 atom stereocenters. The summed E-state index contributed by atoms with van der Waals surface area (Å²) in [7, 11) is 0. The van der Waals surface area contributed by atoms with Gasteiger partial charge < -0.3 is 20.9 Å². The number of aromatic hydroxyl groups is 1. The van der Waals surface area contributed by atoms with Crippen LogP contribution in [0.2, 0.25) is 0 Å². The van der Waals surface area contributed by atoms with Gasteiger partial charge in [0.2, 0.25) is 0 Å². The monoisotopic (exact) mass is 405 g/mol. The Hall–Kier alpha value is -3.16. The van der Waals surface area contributed by atoms with Crippen LogP contribution in [0.15, 0.2) is 60.7 Å². The van der Waals surface area contributed by atoms with E-state index in [0.29, 0.717) is 11.4 Å². The average Bonchev–Trinajstić information content (AvgIpc) is 2.77. The van der Waals surface area contributed by atoms with Crippen molar-refractivity contribution >= 4 is 5.82 Å². The van der Waals surface area contributed by atoms with Crippen LogP contribution < -0.4 is 15.8 Å². The van der Waals surface area contributed by atoms with Crippen molar-refractivity contribution in [2.45, 2.75) is 12.5 Å². The standard InChI is InChI=1S/C23H27N5O2/c24-23-22(15-21(26-27-23)18-6-8-19(29)9-7-18)30-20(14-17-4-2-1-3-5-17)16-28-12-10-25-11-13-28/h1-9,15,20,25,29H,10-14,16H2,(H2,24,27). The van der Waals surface area contributed by atoms with E-state index in [4.69, 9.17) is 10.5 Å². The molecule has 7 heteroatoms. The normalized spacial score (nSPS) is 15.6. The zero-order chi connectivity index (χ0) is 20.8. The van der Waals surface area contributed by atoms with Crippen LogP contribution in [0.4, 0.5) is 5.82 Å². The van der Waals surface area contributed by atoms with Gasteiger partial charge in [-0.15, -0.1) is 10.2 Å². The molecule has 3 aromatic rings. The molecule has 4 rings (SSSR count). The number of hydrogen-bond acceptors (Lipinski definition) is 7. The van der Waals surface area contributed by atoms with Crippen molar-refractivity contribution in [3.63, 3.8) is 0 Å². The maximum absolute atomic E-state index is 9.53. The molecule has 0 spiro atoms. The molecule has 2 aromatic carbocycles. The molecular weight excluding hydrogens is 378 g/mol. The van der Waals surface area contributed by atoms with Crippen molar-refractivity contribution in [1.29, 1.82) is 0 Å². The Labute approximate surface area is 176 Å². The number of benzene rings is 2. The fourth-order valence-corrected chi connectivity index (χ4v) is 3.63. The first-order valence-electron chi connectivity index (χ1n) is 10.2. The Kier molecular flexibility index (Phi) is 6.41. The molecule has 7 nitrogen and oxygen atoms in total. The number of nitrogens with one attached hydrogen (secondary N) is 1. The molecule has 1 fully saturated rings. The lowest BCUT2D eigenvalue weighted by Gasteiger charge is -2.31. The van der Waals surface area contributed by atoms with Crippen molar-refractivity contribution in [1.82, 2.24) is 20.4 Å². The molecular formula is C23H27N5O2. The zero-order valence-corrected chi connectivity index (χ0v) is 16.9. The molecule has 30 heavy (non-hydrogen) atoms. The summed E-state index contributed by atoms with van der Waals surface area (Å²) in [5, 5.41) is 21.2. The SMILES string of the molecule is Nc1nnc(-c2ccc(O)cc2)cc1OC(Cc1ccccc1)CN1CCNCC1. The van der Waals surface area contributed by atoms with Crippen molar-refractivity contribution in [3.05, 3.63) is 66.2 Å². The van der Waals surface area contributed by atoms with E-state index in [1.807, 2.05) is 24.3 Å². The molecule has 156 valence electrons. The van der Waals surface area contributed by atoms with Gasteiger partial charge in [-0.2, -0.15) is 0 Å². The maximum atomic E-state index is 9.53. The van der Waals surface area contributed by atoms with Crippen LogP contribution in [0.25, 0.3) is 11.3 Å². The smallest absolute Gasteiger partial charge is 0.188 e. The quantitative estimate of drug-likeness (QED) is 0.555. The Balaban J connectivity index is 1.56. The van der Waals surface area contributed by atoms with Gasteiger partial charge in [0.05, 0.1) is 5.69 Å². The highest BCUT2D eigenvalue weighted by Crippen LogP contribution is 2.27. The van der Waals surface area contributed by atoms with Crippen LogP contribution in [-0.4, -0.2) is 59.0 Å². The van der Waals surface area contributed by atoms with Crippen molar-refractivity contribution in [2.75, 3.05) is 38.5 Å². The van der Waals surface area contributed by atoms with Crippen LogP contribution in [0.5, 0.6) is 11.5 Å². The lowest BCUT2D eigenvalue weighted by molar-refractivity contribution is 0.123. The van der Waals surface area contributed by atoms with Gasteiger partial charge in [0.15, 0.2) is 11.6 Å². The minimum atomic E-state index is -0.0651. The second-order valence-corrected chi connectivity index (χ2v) is 7.51. The number of piperazine rings is 1. The largest absolute Gasteiger partial charge is 0.508 e. The number of nitrogens with zero attached hydrogens (tertiary/aromatic N) is 3. The van der Waals surface area contributed by atoms with E-state index in [9.17, 15) is 5.11 Å². The third-order valence-corrected chi connectivity index (χ3v) is 5.22. The Morgan fingerprint density at radius 3 is 2.50 bits per heavy atom. The fraction of sp³-hybridized carbons (Fsp3) is 0.304. The minimum Gasteiger partial charge on any atom is -0.508 e. The van der Waals surface area contributed by atoms with Crippen LogP contribution in [0, 0.1) is 0 Å². The topological polar surface area (TPSA) is 96.5 Å². The first kappa shape index (κ1) is 20.1. The Bertz CT molecular complexity index is 944. The highest BCUT2D eigenvalue weighted by molar-refractivity contribution is 5.63. The van der Waals surface area contributed by atoms with Crippen LogP contribution in [0.1, 0.15) is 5.56 Å². The molecule has 1 aliphatic rings. The van der Waals surface area contributed by atoms with E-state index in [2.05, 4.69) is 32.5 Å². The summed E-state index contributed by atoms with van der Waals surface area (Å²) < 4.78 is 6.40. The van der Waals surface area contributed by atoms with Crippen molar-refractivity contribution < 1.29 is 9.84 Å². The first-order valence-corrected chi connectivity index (χ1v) is 10.2. The van der Waals surface area contributed by atoms with Gasteiger partial charge in [-0.3, -0.25) is 4.90 Å². The summed E-state index contributed by atoms with van der Waals surface area (Å²) in [5.74, 6) is 1.01. The van der Waals surface area contributed by atoms with E-state index in [0.717, 1.165) is 44.7 Å². The lowest BCUT2D eigenvalue weighted by Crippen LogP contribution is -2.47. The van der Waals surface area contributed by atoms with Gasteiger partial charge >= 0.3 is 0 Å². The van der Waals surface area contributed by atoms with Crippen molar-refractivity contribution in [3.8, 4) is 22.8 Å². The molecule has 1 unspecified atom stereocenters. The predicted octanol–water partition coefficient (Wildman–Crippen LogP) is 2.33. The highest BCUT2D eigenvalue weighted by atomic mass is 16.5. The highest BCUT2D eigenvalue weighted by Gasteiger charge is 2.20. The van der Waals surface area contributed by atoms with Gasteiger partial charge in [-0.05, 0) is 29.8 Å². The van der Waals surface area contributed by atoms with E-state index in [1.165, 1.54) is 5.56 Å². The molecule has 1 aliphatic heterocycles. The number of nitrogens with two attached hydrogens (primary N) is 1. The number of phenols is 1. The van der Waals surface area contributed by atoms with Gasteiger partial charge in [0, 0.05) is 50.8 Å². The lowest BCUT2D eigenvalue weighted by atomic mass is 10.1. The number of anilines is 1. The van der Waals surface area contributed by atoms with Crippen molar-refractivity contribution in [2.24, 2.45) is 0 Å². The van der Waals surface area contributed by atoms with Crippen LogP contribution in [-0.2, 0) is 6.42 Å². The molecule has 2 heterocycles. The number of ether oxygens (including phenoxy) is 1. The Morgan fingerprint density at radius 2 is 1.77 bits per heavy atom. The molecule has 0 bridgehead atoms. The summed E-state index contributed by atoms with van der Waals surface area (Å²) >= 11 is 0. The molecule has 0 amide bonds. The summed E-state index contributed by atoms with van der Waals surface area (Å²) in [5.41, 5.74) is 8.82. The number of phenolic OH excluding ortho intramolecular Hbond substituents is 1. The van der Waals surface area contributed by atoms with E-state index in [1.54, 1.807) is 24.3 Å². The number of rotatable bonds is 7. The number of aromatic nitrogens is 2. The summed E-state index contributed by atoms with van der Waals surface area (Å²) in [6, 6.07) is 19.0. The molecule has 4 N–H and O–H groups in total. The predicted molar refractivity (Wildman–Crippen MR) is 117 cm³/mol. The number of hydrogen-bond donors (Lipinski definition) is 3. The third-order valence-electron chi connectivity index (χ3n) is 5.22. The van der Waals surface area contributed by atoms with Crippen LogP contribution in [0.3, 0.4) is 0 Å². The Morgan fingerprint density at radius 1 is 1.03 bits per heavy atom. The van der Waals surface area contributed by atoms with Gasteiger partial charge in [-0.25, -0.2) is 0 Å². The summed E-state index contributed by atoms with van der Waals surface area (Å²) in [6.45, 7) is 4.78. The van der Waals surface area contributed by atoms with Gasteiger partial charge in [0.1, 0.15) is 11.9 Å². The van der Waals surface area contributed by atoms with Gasteiger partial charge in [-0.1, -0.05) is 30.3 Å². The zero-order valence-electron chi connectivity index (χ0n) is 16.9. The summed E-state index contributed by atoms with van der Waals surface area (Å²) in [6.07, 6.45) is 0.714. The molecule has 1 saturated heterocycles. The minimum absolute atomic E-state index is 0.0651. The average molecular weight is 406 g/mol. The fourth-order valence-electron chi connectivity index (χ4n) is 3.63.